The van der Waals surface area contributed by atoms with Crippen molar-refractivity contribution in [2.45, 2.75) is 38.0 Å². The highest BCUT2D eigenvalue weighted by Gasteiger charge is 2.34. The van der Waals surface area contributed by atoms with Crippen LogP contribution in [0.1, 0.15) is 36.9 Å². The van der Waals surface area contributed by atoms with Crippen molar-refractivity contribution in [2.75, 3.05) is 0 Å². The van der Waals surface area contributed by atoms with Crippen LogP contribution in [0.2, 0.25) is 0 Å². The number of benzene rings is 1. The van der Waals surface area contributed by atoms with Crippen molar-refractivity contribution in [2.24, 2.45) is 0 Å². The second-order valence-electron chi connectivity index (χ2n) is 4.70. The minimum atomic E-state index is -4.35. The molecule has 1 saturated carbocycles. The molecule has 0 spiro atoms. The first kappa shape index (κ1) is 14.1. The third-order valence-corrected chi connectivity index (χ3v) is 3.23. The molecule has 0 heterocycles. The van der Waals surface area contributed by atoms with Crippen LogP contribution in [0.4, 0.5) is 13.2 Å². The summed E-state index contributed by atoms with van der Waals surface area (Å²) in [4.78, 5) is 0. The van der Waals surface area contributed by atoms with Crippen molar-refractivity contribution >= 4 is 17.3 Å². The van der Waals surface area contributed by atoms with E-state index in [1.165, 1.54) is 12.1 Å². The summed E-state index contributed by atoms with van der Waals surface area (Å²) in [6.07, 6.45) is -2.22. The van der Waals surface area contributed by atoms with Gasteiger partial charge < -0.3 is 10.6 Å². The van der Waals surface area contributed by atoms with Crippen LogP contribution in [-0.4, -0.2) is 11.2 Å². The van der Waals surface area contributed by atoms with E-state index in [1.807, 2.05) is 0 Å². The molecule has 1 unspecified atom stereocenters. The molecule has 0 aliphatic heterocycles. The van der Waals surface area contributed by atoms with Crippen molar-refractivity contribution < 1.29 is 13.2 Å². The van der Waals surface area contributed by atoms with Crippen LogP contribution in [0.5, 0.6) is 0 Å². The third kappa shape index (κ3) is 3.83. The molecule has 0 amide bonds. The number of nitrogens with one attached hydrogen (secondary N) is 2. The highest BCUT2D eigenvalue weighted by molar-refractivity contribution is 7.80. The van der Waals surface area contributed by atoms with E-state index in [1.54, 1.807) is 13.0 Å². The minimum absolute atomic E-state index is 0.204. The first-order chi connectivity index (χ1) is 8.88. The first-order valence-electron chi connectivity index (χ1n) is 6.11. The zero-order valence-corrected chi connectivity index (χ0v) is 11.2. The third-order valence-electron chi connectivity index (χ3n) is 2.99. The second-order valence-corrected chi connectivity index (χ2v) is 5.11. The van der Waals surface area contributed by atoms with Gasteiger partial charge in [-0.2, -0.15) is 13.2 Å². The van der Waals surface area contributed by atoms with Crippen LogP contribution < -0.4 is 10.6 Å². The Kier molecular flexibility index (Phi) is 3.99. The Morgan fingerprint density at radius 1 is 1.32 bits per heavy atom. The maximum atomic E-state index is 12.9. The van der Waals surface area contributed by atoms with Crippen molar-refractivity contribution in [3.05, 3.63) is 35.4 Å². The average molecular weight is 288 g/mol. The lowest BCUT2D eigenvalue weighted by Crippen LogP contribution is -2.38. The Balaban J connectivity index is 2.09. The zero-order valence-electron chi connectivity index (χ0n) is 10.4. The summed E-state index contributed by atoms with van der Waals surface area (Å²) in [6.45, 7) is 1.67. The molecule has 1 atom stereocenters. The SMILES string of the molecule is CC(NC(=S)NC1CC1)c1ccccc1C(F)(F)F. The molecule has 19 heavy (non-hydrogen) atoms. The average Bonchev–Trinajstić information content (AvgIpc) is 3.11. The lowest BCUT2D eigenvalue weighted by atomic mass is 10.0. The predicted molar refractivity (Wildman–Crippen MR) is 71.8 cm³/mol. The van der Waals surface area contributed by atoms with E-state index in [2.05, 4.69) is 10.6 Å². The van der Waals surface area contributed by atoms with Gasteiger partial charge in [-0.1, -0.05) is 18.2 Å². The van der Waals surface area contributed by atoms with E-state index >= 15 is 0 Å². The summed E-state index contributed by atoms with van der Waals surface area (Å²) >= 11 is 5.08. The number of alkyl halides is 3. The molecule has 0 radical (unpaired) electrons. The highest BCUT2D eigenvalue weighted by Crippen LogP contribution is 2.34. The van der Waals surface area contributed by atoms with Gasteiger partial charge in [0.2, 0.25) is 0 Å². The maximum Gasteiger partial charge on any atom is 0.416 e. The van der Waals surface area contributed by atoms with E-state index in [0.717, 1.165) is 18.9 Å². The van der Waals surface area contributed by atoms with Gasteiger partial charge in [-0.05, 0) is 43.6 Å². The lowest BCUT2D eigenvalue weighted by molar-refractivity contribution is -0.138. The molecule has 1 fully saturated rings. The Morgan fingerprint density at radius 3 is 2.53 bits per heavy atom. The smallest absolute Gasteiger partial charge is 0.360 e. The van der Waals surface area contributed by atoms with Gasteiger partial charge in [0.05, 0.1) is 11.6 Å². The molecule has 1 aliphatic rings. The van der Waals surface area contributed by atoms with Gasteiger partial charge in [0.15, 0.2) is 5.11 Å². The molecule has 0 bridgehead atoms. The van der Waals surface area contributed by atoms with Gasteiger partial charge in [-0.15, -0.1) is 0 Å². The van der Waals surface area contributed by atoms with Crippen molar-refractivity contribution in [1.82, 2.24) is 10.6 Å². The first-order valence-corrected chi connectivity index (χ1v) is 6.52. The number of rotatable bonds is 3. The van der Waals surface area contributed by atoms with Gasteiger partial charge >= 0.3 is 6.18 Å². The molecule has 2 nitrogen and oxygen atoms in total. The minimum Gasteiger partial charge on any atom is -0.360 e. The fourth-order valence-electron chi connectivity index (χ4n) is 1.86. The summed E-state index contributed by atoms with van der Waals surface area (Å²) in [6, 6.07) is 5.44. The van der Waals surface area contributed by atoms with E-state index < -0.39 is 17.8 Å². The van der Waals surface area contributed by atoms with E-state index in [4.69, 9.17) is 12.2 Å². The van der Waals surface area contributed by atoms with E-state index in [-0.39, 0.29) is 5.56 Å². The molecular weight excluding hydrogens is 273 g/mol. The van der Waals surface area contributed by atoms with Crippen LogP contribution in [0.15, 0.2) is 24.3 Å². The lowest BCUT2D eigenvalue weighted by Gasteiger charge is -2.21. The molecule has 2 N–H and O–H groups in total. The molecule has 0 saturated heterocycles. The van der Waals surface area contributed by atoms with Crippen LogP contribution >= 0.6 is 12.2 Å². The summed E-state index contributed by atoms with van der Waals surface area (Å²) < 4.78 is 38.7. The topological polar surface area (TPSA) is 24.1 Å². The Bertz CT molecular complexity index is 469. The Morgan fingerprint density at radius 2 is 1.95 bits per heavy atom. The standard InChI is InChI=1S/C13H15F3N2S/c1-8(17-12(19)18-9-6-7-9)10-4-2-3-5-11(10)13(14,15)16/h2-5,8-9H,6-7H2,1H3,(H2,17,18,19). The number of hydrogen-bond donors (Lipinski definition) is 2. The van der Waals surface area contributed by atoms with Crippen LogP contribution in [-0.2, 0) is 6.18 Å². The normalized spacial score (nSPS) is 16.8. The van der Waals surface area contributed by atoms with Crippen molar-refractivity contribution in [1.29, 1.82) is 0 Å². The van der Waals surface area contributed by atoms with E-state index in [9.17, 15) is 13.2 Å². The molecule has 1 aromatic rings. The van der Waals surface area contributed by atoms with Crippen molar-refractivity contribution in [3.8, 4) is 0 Å². The van der Waals surface area contributed by atoms with Crippen LogP contribution in [0, 0.1) is 0 Å². The number of hydrogen-bond acceptors (Lipinski definition) is 1. The molecule has 104 valence electrons. The number of halogens is 3. The predicted octanol–water partition coefficient (Wildman–Crippen LogP) is 3.39. The second kappa shape index (κ2) is 5.36. The van der Waals surface area contributed by atoms with Gasteiger partial charge in [0, 0.05) is 6.04 Å². The van der Waals surface area contributed by atoms with Crippen LogP contribution in [0.3, 0.4) is 0 Å². The number of thiocarbonyl (C=S) groups is 1. The summed E-state index contributed by atoms with van der Waals surface area (Å²) in [5.74, 6) is 0. The summed E-state index contributed by atoms with van der Waals surface area (Å²) in [5.41, 5.74) is -0.417. The fraction of sp³-hybridized carbons (Fsp3) is 0.462. The quantitative estimate of drug-likeness (QED) is 0.834. The molecule has 2 rings (SSSR count). The zero-order chi connectivity index (χ0) is 14.0. The van der Waals surface area contributed by atoms with Gasteiger partial charge in [0.1, 0.15) is 0 Å². The van der Waals surface area contributed by atoms with Gasteiger partial charge in [-0.25, -0.2) is 0 Å². The van der Waals surface area contributed by atoms with Gasteiger partial charge in [-0.3, -0.25) is 0 Å². The van der Waals surface area contributed by atoms with Crippen molar-refractivity contribution in [3.63, 3.8) is 0 Å². The fourth-order valence-corrected chi connectivity index (χ4v) is 2.21. The molecule has 0 aromatic heterocycles. The highest BCUT2D eigenvalue weighted by atomic mass is 32.1. The Hall–Kier alpha value is -1.30. The van der Waals surface area contributed by atoms with Crippen LogP contribution in [0.25, 0.3) is 0 Å². The summed E-state index contributed by atoms with van der Waals surface area (Å²) in [5, 5.41) is 6.36. The molecule has 1 aliphatic carbocycles. The monoisotopic (exact) mass is 288 g/mol. The van der Waals surface area contributed by atoms with Gasteiger partial charge in [0.25, 0.3) is 0 Å². The largest absolute Gasteiger partial charge is 0.416 e. The maximum absolute atomic E-state index is 12.9. The van der Waals surface area contributed by atoms with E-state index in [0.29, 0.717) is 11.2 Å². The molecular formula is C13H15F3N2S. The Labute approximate surface area is 115 Å². The molecule has 6 heteroatoms. The summed E-state index contributed by atoms with van der Waals surface area (Å²) in [7, 11) is 0. The molecule has 1 aromatic carbocycles.